The largest absolute Gasteiger partial charge is 0.481 e. The second-order valence-electron chi connectivity index (χ2n) is 7.22. The van der Waals surface area contributed by atoms with E-state index >= 15 is 0 Å². The zero-order chi connectivity index (χ0) is 18.6. The fourth-order valence-electron chi connectivity index (χ4n) is 3.95. The number of fused-ring (bicyclic) bond motifs is 1. The summed E-state index contributed by atoms with van der Waals surface area (Å²) in [7, 11) is -3.45. The third-order valence-corrected chi connectivity index (χ3v) is 6.59. The van der Waals surface area contributed by atoms with Gasteiger partial charge in [-0.15, -0.1) is 0 Å². The Hall–Kier alpha value is -1.93. The molecule has 1 N–H and O–H groups in total. The molecule has 8 heteroatoms. The fourth-order valence-corrected chi connectivity index (χ4v) is 4.87. The summed E-state index contributed by atoms with van der Waals surface area (Å²) >= 11 is 0. The van der Waals surface area contributed by atoms with E-state index < -0.39 is 27.3 Å². The number of nitrogens with zero attached hydrogens (tertiary/aromatic N) is 2. The second-order valence-corrected chi connectivity index (χ2v) is 9.20. The molecule has 1 amide bonds. The van der Waals surface area contributed by atoms with Crippen molar-refractivity contribution in [3.63, 3.8) is 0 Å². The van der Waals surface area contributed by atoms with Gasteiger partial charge < -0.3 is 10.0 Å². The zero-order valence-electron chi connectivity index (χ0n) is 14.5. The average molecular weight is 366 g/mol. The van der Waals surface area contributed by atoms with Gasteiger partial charge in [0.25, 0.3) is 5.91 Å². The average Bonchev–Trinajstić information content (AvgIpc) is 3.01. The molecular formula is C17H22N2O5S. The van der Waals surface area contributed by atoms with Crippen LogP contribution in [-0.2, 0) is 14.8 Å². The van der Waals surface area contributed by atoms with Gasteiger partial charge in [0, 0.05) is 37.7 Å². The number of benzene rings is 1. The van der Waals surface area contributed by atoms with Crippen LogP contribution in [0.2, 0.25) is 0 Å². The van der Waals surface area contributed by atoms with E-state index in [9.17, 15) is 23.1 Å². The third kappa shape index (κ3) is 2.93. The summed E-state index contributed by atoms with van der Waals surface area (Å²) < 4.78 is 24.8. The lowest BCUT2D eigenvalue weighted by Gasteiger charge is -2.25. The maximum absolute atomic E-state index is 12.9. The van der Waals surface area contributed by atoms with Crippen LogP contribution in [0, 0.1) is 25.2 Å². The van der Waals surface area contributed by atoms with E-state index in [1.807, 2.05) is 26.0 Å². The fraction of sp³-hybridized carbons (Fsp3) is 0.529. The molecule has 3 rings (SSSR count). The van der Waals surface area contributed by atoms with Gasteiger partial charge in [-0.25, -0.2) is 12.7 Å². The Morgan fingerprint density at radius 2 is 1.88 bits per heavy atom. The van der Waals surface area contributed by atoms with Crippen molar-refractivity contribution in [1.82, 2.24) is 9.21 Å². The molecule has 2 fully saturated rings. The van der Waals surface area contributed by atoms with Gasteiger partial charge in [0.2, 0.25) is 10.0 Å². The molecule has 2 atom stereocenters. The Balaban J connectivity index is 1.87. The van der Waals surface area contributed by atoms with E-state index in [0.29, 0.717) is 5.56 Å². The van der Waals surface area contributed by atoms with E-state index in [2.05, 4.69) is 0 Å². The molecule has 136 valence electrons. The Kier molecular flexibility index (Phi) is 4.15. The summed E-state index contributed by atoms with van der Waals surface area (Å²) in [5.74, 6) is -1.63. The van der Waals surface area contributed by atoms with Gasteiger partial charge in [0.15, 0.2) is 0 Å². The van der Waals surface area contributed by atoms with Crippen molar-refractivity contribution in [1.29, 1.82) is 0 Å². The lowest BCUT2D eigenvalue weighted by Crippen LogP contribution is -2.43. The van der Waals surface area contributed by atoms with Crippen molar-refractivity contribution in [3.8, 4) is 0 Å². The lowest BCUT2D eigenvalue weighted by molar-refractivity contribution is -0.148. The van der Waals surface area contributed by atoms with Gasteiger partial charge in [-0.1, -0.05) is 17.7 Å². The molecular weight excluding hydrogens is 344 g/mol. The number of aryl methyl sites for hydroxylation is 2. The highest BCUT2D eigenvalue weighted by Gasteiger charge is 2.60. The summed E-state index contributed by atoms with van der Waals surface area (Å²) in [4.78, 5) is 26.3. The van der Waals surface area contributed by atoms with Crippen LogP contribution in [0.3, 0.4) is 0 Å². The Morgan fingerprint density at radius 3 is 2.40 bits per heavy atom. The maximum Gasteiger partial charge on any atom is 0.313 e. The molecule has 2 aliphatic rings. The Morgan fingerprint density at radius 1 is 1.20 bits per heavy atom. The number of carbonyl (C=O) groups is 2. The van der Waals surface area contributed by atoms with Crippen molar-refractivity contribution in [2.45, 2.75) is 13.8 Å². The quantitative estimate of drug-likeness (QED) is 0.851. The minimum atomic E-state index is -3.45. The highest BCUT2D eigenvalue weighted by atomic mass is 32.2. The summed E-state index contributed by atoms with van der Waals surface area (Å²) in [6.07, 6.45) is 1.09. The number of aliphatic carboxylic acids is 1. The van der Waals surface area contributed by atoms with Crippen molar-refractivity contribution >= 4 is 21.9 Å². The van der Waals surface area contributed by atoms with Crippen LogP contribution in [0.4, 0.5) is 0 Å². The molecule has 1 aromatic carbocycles. The topological polar surface area (TPSA) is 95.0 Å². The van der Waals surface area contributed by atoms with E-state index in [1.54, 1.807) is 11.0 Å². The molecule has 0 aromatic heterocycles. The predicted octanol–water partition coefficient (Wildman–Crippen LogP) is 0.722. The van der Waals surface area contributed by atoms with Crippen LogP contribution in [0.15, 0.2) is 18.2 Å². The van der Waals surface area contributed by atoms with Crippen LogP contribution in [-0.4, -0.2) is 67.0 Å². The van der Waals surface area contributed by atoms with Crippen molar-refractivity contribution < 1.29 is 23.1 Å². The number of carboxylic acids is 1. The van der Waals surface area contributed by atoms with Crippen molar-refractivity contribution in [3.05, 3.63) is 34.9 Å². The standard InChI is InChI=1S/C17H22N2O5S/c1-11-4-5-14(12(2)6-11)15(20)18-7-13-8-19(25(3,23)24)10-17(13,9-18)16(21)22/h4-6,13H,7-10H2,1-3H3,(H,21,22)/t13-,17-/m0/s1. The molecule has 7 nitrogen and oxygen atoms in total. The van der Waals surface area contributed by atoms with Crippen molar-refractivity contribution in [2.75, 3.05) is 32.4 Å². The molecule has 0 saturated carbocycles. The molecule has 0 radical (unpaired) electrons. The first-order valence-corrected chi connectivity index (χ1v) is 9.94. The number of carbonyl (C=O) groups excluding carboxylic acids is 1. The lowest BCUT2D eigenvalue weighted by atomic mass is 9.81. The monoisotopic (exact) mass is 366 g/mol. The van der Waals surface area contributed by atoms with Gasteiger partial charge in [-0.05, 0) is 25.5 Å². The van der Waals surface area contributed by atoms with E-state index in [1.165, 1.54) is 4.31 Å². The first kappa shape index (κ1) is 17.9. The van der Waals surface area contributed by atoms with E-state index in [0.717, 1.165) is 17.4 Å². The summed E-state index contributed by atoms with van der Waals surface area (Å²) in [5, 5.41) is 9.76. The predicted molar refractivity (Wildman–Crippen MR) is 91.8 cm³/mol. The van der Waals surface area contributed by atoms with Gasteiger partial charge in [-0.2, -0.15) is 0 Å². The number of hydrogen-bond acceptors (Lipinski definition) is 4. The highest BCUT2D eigenvalue weighted by molar-refractivity contribution is 7.88. The van der Waals surface area contributed by atoms with Crippen LogP contribution >= 0.6 is 0 Å². The SMILES string of the molecule is Cc1ccc(C(=O)N2C[C@H]3CN(S(C)(=O)=O)C[C@@]3(C(=O)O)C2)c(C)c1. The highest BCUT2D eigenvalue weighted by Crippen LogP contribution is 2.44. The number of likely N-dealkylation sites (tertiary alicyclic amines) is 1. The summed E-state index contributed by atoms with van der Waals surface area (Å²) in [5.41, 5.74) is 1.24. The summed E-state index contributed by atoms with van der Waals surface area (Å²) in [6.45, 7) is 4.15. The van der Waals surface area contributed by atoms with Gasteiger partial charge in [0.05, 0.1) is 6.26 Å². The molecule has 0 spiro atoms. The Bertz CT molecular complexity index is 851. The molecule has 2 heterocycles. The second kappa shape index (κ2) is 5.81. The number of rotatable bonds is 3. The van der Waals surface area contributed by atoms with Gasteiger partial charge >= 0.3 is 5.97 Å². The molecule has 0 unspecified atom stereocenters. The number of hydrogen-bond donors (Lipinski definition) is 1. The molecule has 25 heavy (non-hydrogen) atoms. The normalized spacial score (nSPS) is 26.7. The van der Waals surface area contributed by atoms with Gasteiger partial charge in [0.1, 0.15) is 5.41 Å². The van der Waals surface area contributed by atoms with E-state index in [4.69, 9.17) is 0 Å². The summed E-state index contributed by atoms with van der Waals surface area (Å²) in [6, 6.07) is 5.54. The smallest absolute Gasteiger partial charge is 0.313 e. The van der Waals surface area contributed by atoms with Crippen LogP contribution in [0.1, 0.15) is 21.5 Å². The molecule has 1 aromatic rings. The minimum absolute atomic E-state index is 0.0329. The maximum atomic E-state index is 12.9. The van der Waals surface area contributed by atoms with Crippen molar-refractivity contribution in [2.24, 2.45) is 11.3 Å². The van der Waals surface area contributed by atoms with E-state index in [-0.39, 0.29) is 32.1 Å². The van der Waals surface area contributed by atoms with Crippen LogP contribution in [0.5, 0.6) is 0 Å². The molecule has 0 bridgehead atoms. The molecule has 2 aliphatic heterocycles. The number of sulfonamides is 1. The van der Waals surface area contributed by atoms with Crippen LogP contribution in [0.25, 0.3) is 0 Å². The zero-order valence-corrected chi connectivity index (χ0v) is 15.3. The molecule has 0 aliphatic carbocycles. The van der Waals surface area contributed by atoms with Gasteiger partial charge in [-0.3, -0.25) is 9.59 Å². The minimum Gasteiger partial charge on any atom is -0.481 e. The van der Waals surface area contributed by atoms with Crippen LogP contribution < -0.4 is 0 Å². The molecule has 2 saturated heterocycles. The Labute approximate surface area is 147 Å². The third-order valence-electron chi connectivity index (χ3n) is 5.37. The first-order chi connectivity index (χ1) is 11.5. The number of amides is 1. The number of carboxylic acid groups (broad SMARTS) is 1. The first-order valence-electron chi connectivity index (χ1n) is 8.09.